The van der Waals surface area contributed by atoms with E-state index < -0.39 is 42.8 Å². The zero-order valence-corrected chi connectivity index (χ0v) is 20.4. The van der Waals surface area contributed by atoms with E-state index in [0.717, 1.165) is 19.0 Å². The van der Waals surface area contributed by atoms with Crippen molar-refractivity contribution in [2.45, 2.75) is 62.5 Å². The lowest BCUT2D eigenvalue weighted by Gasteiger charge is -2.45. The van der Waals surface area contributed by atoms with Crippen molar-refractivity contribution in [2.24, 2.45) is 15.1 Å². The van der Waals surface area contributed by atoms with Crippen molar-refractivity contribution in [2.75, 3.05) is 11.9 Å². The molecular weight excluding hydrogens is 462 g/mol. The van der Waals surface area contributed by atoms with Crippen LogP contribution in [-0.2, 0) is 15.3 Å². The number of nitrogens with one attached hydrogen (secondary N) is 1. The van der Waals surface area contributed by atoms with E-state index in [1.165, 1.54) is 18.2 Å². The van der Waals surface area contributed by atoms with E-state index in [2.05, 4.69) is 24.6 Å². The quantitative estimate of drug-likeness (QED) is 0.679. The molecule has 3 N–H and O–H groups in total. The number of halogens is 2. The van der Waals surface area contributed by atoms with Crippen LogP contribution in [0.5, 0.6) is 0 Å². The number of hydrogen-bond donors (Lipinski definition) is 2. The molecule has 0 fully saturated rings. The van der Waals surface area contributed by atoms with Crippen LogP contribution in [0.2, 0.25) is 0 Å². The van der Waals surface area contributed by atoms with E-state index in [-0.39, 0.29) is 23.0 Å². The maximum Gasteiger partial charge on any atom is 0.275 e. The molecule has 3 atom stereocenters. The first-order chi connectivity index (χ1) is 15.9. The molecule has 0 saturated heterocycles. The van der Waals surface area contributed by atoms with Gasteiger partial charge >= 0.3 is 0 Å². The maximum absolute atomic E-state index is 15.2. The van der Waals surface area contributed by atoms with E-state index in [1.807, 2.05) is 0 Å². The van der Waals surface area contributed by atoms with Crippen LogP contribution in [0.25, 0.3) is 0 Å². The Bertz CT molecular complexity index is 1320. The predicted molar refractivity (Wildman–Crippen MR) is 127 cm³/mol. The number of nitrogens with zero attached hydrogens (tertiary/aromatic N) is 4. The van der Waals surface area contributed by atoms with Crippen LogP contribution in [0.1, 0.15) is 61.8 Å². The van der Waals surface area contributed by atoms with Crippen molar-refractivity contribution < 1.29 is 17.8 Å². The summed E-state index contributed by atoms with van der Waals surface area (Å²) in [5.41, 5.74) is 5.25. The third-order valence-corrected chi connectivity index (χ3v) is 10.4. The Labute approximate surface area is 197 Å². The highest BCUT2D eigenvalue weighted by atomic mass is 32.2. The van der Waals surface area contributed by atoms with Gasteiger partial charge in [-0.15, -0.1) is 0 Å². The number of aliphatic imine (C=N–C) groups is 1. The highest BCUT2D eigenvalue weighted by Gasteiger charge is 2.56. The first-order valence-electron chi connectivity index (χ1n) is 11.1. The van der Waals surface area contributed by atoms with Gasteiger partial charge in [0.05, 0.1) is 21.2 Å². The highest BCUT2D eigenvalue weighted by Crippen LogP contribution is 2.46. The minimum absolute atomic E-state index is 0.0209. The molecule has 2 aliphatic heterocycles. The van der Waals surface area contributed by atoms with Crippen LogP contribution >= 0.6 is 0 Å². The molecule has 2 aliphatic rings. The van der Waals surface area contributed by atoms with Crippen LogP contribution in [0.3, 0.4) is 0 Å². The van der Waals surface area contributed by atoms with Crippen molar-refractivity contribution in [3.8, 4) is 0 Å². The highest BCUT2D eigenvalue weighted by molar-refractivity contribution is 7.96. The van der Waals surface area contributed by atoms with Gasteiger partial charge in [0.2, 0.25) is 0 Å². The third-order valence-electron chi connectivity index (χ3n) is 6.70. The lowest BCUT2D eigenvalue weighted by atomic mass is 9.88. The molecule has 0 bridgehead atoms. The minimum atomic E-state index is -2.93. The number of rotatable bonds is 3. The van der Waals surface area contributed by atoms with Crippen molar-refractivity contribution in [1.29, 1.82) is 0 Å². The molecule has 1 amide bonds. The predicted octanol–water partition coefficient (Wildman–Crippen LogP) is 3.70. The topological polar surface area (TPSA) is 123 Å². The molecule has 0 saturated carbocycles. The number of carbonyl (C=O) groups excluding carboxylic acids is 1. The molecule has 182 valence electrons. The molecule has 0 unspecified atom stereocenters. The fourth-order valence-corrected chi connectivity index (χ4v) is 7.87. The second kappa shape index (κ2) is 8.37. The van der Waals surface area contributed by atoms with Gasteiger partial charge in [0.25, 0.3) is 5.91 Å². The third kappa shape index (κ3) is 3.75. The lowest BCUT2D eigenvalue weighted by molar-refractivity contribution is 0.102. The summed E-state index contributed by atoms with van der Waals surface area (Å²) in [5.74, 6) is -1.64. The summed E-state index contributed by atoms with van der Waals surface area (Å²) in [5, 5.41) is 1.98. The number of fused-ring (bicyclic) bond motifs is 1. The molecule has 4 rings (SSSR count). The summed E-state index contributed by atoms with van der Waals surface area (Å²) < 4.78 is 46.5. The van der Waals surface area contributed by atoms with E-state index in [1.54, 1.807) is 27.7 Å². The number of amides is 1. The Kier molecular flexibility index (Phi) is 5.95. The molecule has 0 radical (unpaired) electrons. The molecular formula is C23H28F2N6O2S. The van der Waals surface area contributed by atoms with Crippen molar-refractivity contribution in [3.63, 3.8) is 0 Å². The van der Waals surface area contributed by atoms with Gasteiger partial charge in [-0.2, -0.15) is 0 Å². The van der Waals surface area contributed by atoms with Gasteiger partial charge in [-0.1, -0.05) is 6.42 Å². The van der Waals surface area contributed by atoms with Gasteiger partial charge in [0, 0.05) is 6.54 Å². The number of hydrogen-bond acceptors (Lipinski definition) is 7. The lowest BCUT2D eigenvalue weighted by Crippen LogP contribution is -2.59. The number of anilines is 1. The molecule has 11 heteroatoms. The number of carbonyl (C=O) groups is 1. The second-order valence-electron chi connectivity index (χ2n) is 9.36. The van der Waals surface area contributed by atoms with Crippen LogP contribution in [0.15, 0.2) is 33.8 Å². The number of aromatic nitrogens is 2. The number of pyridine rings is 2. The largest absolute Gasteiger partial charge is 0.386 e. The molecule has 2 aromatic heterocycles. The van der Waals surface area contributed by atoms with Gasteiger partial charge in [-0.3, -0.25) is 9.79 Å². The standard InChI is InChI=1S/C23H28F2N6O2S/c1-13-11-14(24)12-27-18(13)20(32)30-17-9-8-15(25)19(29-17)23(4)16-7-5-6-10-28-34(16,33)22(2,3)21(26)31-23/h8-9,11-12,16H,5-7,10H2,1-4H3,(H2,26,31)(H,29,30,32)/t16-,23+,34+/m1/s1. The fourth-order valence-electron chi connectivity index (χ4n) is 4.63. The van der Waals surface area contributed by atoms with Crippen molar-refractivity contribution in [1.82, 2.24) is 9.97 Å². The Morgan fingerprint density at radius 2 is 1.97 bits per heavy atom. The maximum atomic E-state index is 15.2. The van der Waals surface area contributed by atoms with Crippen LogP contribution in [-0.4, -0.2) is 42.5 Å². The normalized spacial score (nSPS) is 28.2. The average molecular weight is 491 g/mol. The number of amidine groups is 1. The molecule has 34 heavy (non-hydrogen) atoms. The smallest absolute Gasteiger partial charge is 0.275 e. The van der Waals surface area contributed by atoms with Crippen LogP contribution < -0.4 is 11.1 Å². The molecule has 0 aromatic carbocycles. The van der Waals surface area contributed by atoms with Gasteiger partial charge in [0.15, 0.2) is 0 Å². The summed E-state index contributed by atoms with van der Waals surface area (Å²) in [6.45, 7) is 7.19. The van der Waals surface area contributed by atoms with E-state index in [0.29, 0.717) is 18.5 Å². The Hall–Kier alpha value is -2.95. The Morgan fingerprint density at radius 3 is 2.68 bits per heavy atom. The summed E-state index contributed by atoms with van der Waals surface area (Å²) in [6, 6.07) is 3.68. The first-order valence-corrected chi connectivity index (χ1v) is 12.7. The zero-order chi connectivity index (χ0) is 24.9. The van der Waals surface area contributed by atoms with Crippen LogP contribution in [0.4, 0.5) is 14.6 Å². The van der Waals surface area contributed by atoms with Gasteiger partial charge in [-0.25, -0.2) is 27.3 Å². The fraction of sp³-hybridized carbons (Fsp3) is 0.478. The van der Waals surface area contributed by atoms with E-state index >= 15 is 4.39 Å². The summed E-state index contributed by atoms with van der Waals surface area (Å²) >= 11 is 0. The van der Waals surface area contributed by atoms with Crippen LogP contribution in [0, 0.1) is 18.6 Å². The summed E-state index contributed by atoms with van der Waals surface area (Å²) in [4.78, 5) is 25.6. The summed E-state index contributed by atoms with van der Waals surface area (Å²) in [6.07, 6.45) is 3.00. The Morgan fingerprint density at radius 1 is 1.24 bits per heavy atom. The molecule has 0 spiro atoms. The first kappa shape index (κ1) is 24.2. The van der Waals surface area contributed by atoms with Gasteiger partial charge in [0.1, 0.15) is 45.0 Å². The number of aryl methyl sites for hydroxylation is 1. The Balaban J connectivity index is 1.80. The SMILES string of the molecule is Cc1cc(F)cnc1C(=O)Nc1ccc(F)c([C@@]2(C)N=C(N)C(C)(C)[S@]3(=O)=NCCCC[C@H]23)n1. The molecule has 0 aliphatic carbocycles. The van der Waals surface area contributed by atoms with E-state index in [4.69, 9.17) is 5.73 Å². The second-order valence-corrected chi connectivity index (χ2v) is 12.3. The van der Waals surface area contributed by atoms with Crippen molar-refractivity contribution >= 4 is 27.3 Å². The monoisotopic (exact) mass is 490 g/mol. The average Bonchev–Trinajstić information content (AvgIpc) is 2.97. The molecule has 4 heterocycles. The summed E-state index contributed by atoms with van der Waals surface area (Å²) in [7, 11) is -2.93. The number of nitrogens with two attached hydrogens (primary N) is 1. The zero-order valence-electron chi connectivity index (χ0n) is 19.6. The van der Waals surface area contributed by atoms with Gasteiger partial charge in [-0.05, 0) is 64.3 Å². The molecule has 8 nitrogen and oxygen atoms in total. The molecule has 2 aromatic rings. The van der Waals surface area contributed by atoms with Gasteiger partial charge < -0.3 is 11.1 Å². The van der Waals surface area contributed by atoms with E-state index in [9.17, 15) is 13.4 Å². The minimum Gasteiger partial charge on any atom is -0.386 e. The van der Waals surface area contributed by atoms with Crippen molar-refractivity contribution in [3.05, 3.63) is 53.0 Å².